The van der Waals surface area contributed by atoms with E-state index in [4.69, 9.17) is 9.79 Å². The first-order valence-corrected chi connectivity index (χ1v) is 7.52. The average Bonchev–Trinajstić information content (AvgIpc) is 2.21. The fourth-order valence-electron chi connectivity index (χ4n) is 1.38. The lowest BCUT2D eigenvalue weighted by Gasteiger charge is -2.29. The molecule has 0 fully saturated rings. The summed E-state index contributed by atoms with van der Waals surface area (Å²) in [5.74, 6) is -0.157. The summed E-state index contributed by atoms with van der Waals surface area (Å²) in [7, 11) is -0.516. The second kappa shape index (κ2) is 7.77. The van der Waals surface area contributed by atoms with Gasteiger partial charge in [-0.05, 0) is 6.92 Å². The van der Waals surface area contributed by atoms with Crippen LogP contribution in [0.25, 0.3) is 0 Å². The van der Waals surface area contributed by atoms with Gasteiger partial charge in [0.2, 0.25) is 5.91 Å². The van der Waals surface area contributed by atoms with Gasteiger partial charge in [0.1, 0.15) is 13.2 Å². The van der Waals surface area contributed by atoms with Crippen molar-refractivity contribution in [1.82, 2.24) is 5.32 Å². The largest absolute Gasteiger partial charge is 0.469 e. The van der Waals surface area contributed by atoms with Crippen LogP contribution < -0.4 is 5.32 Å². The number of nitrogens with zero attached hydrogens (tertiary/aromatic N) is 1. The Morgan fingerprint density at radius 3 is 2.42 bits per heavy atom. The normalized spacial score (nSPS) is 12.3. The molecule has 0 saturated carbocycles. The molecule has 0 bridgehead atoms. The number of phosphoric ester groups is 1. The predicted molar refractivity (Wildman–Crippen MR) is 72.3 cm³/mol. The van der Waals surface area contributed by atoms with Crippen LogP contribution in [0.4, 0.5) is 0 Å². The zero-order chi connectivity index (χ0) is 15.1. The van der Waals surface area contributed by atoms with Crippen molar-refractivity contribution in [2.75, 3.05) is 40.3 Å². The molecule has 0 saturated heterocycles. The molecule has 19 heavy (non-hydrogen) atoms. The molecule has 0 aliphatic carbocycles. The van der Waals surface area contributed by atoms with E-state index in [1.165, 1.54) is 0 Å². The molecule has 7 nitrogen and oxygen atoms in total. The molecule has 0 heterocycles. The third-order valence-corrected chi connectivity index (χ3v) is 3.09. The van der Waals surface area contributed by atoms with Crippen LogP contribution in [0.15, 0.2) is 12.2 Å². The molecule has 0 aromatic carbocycles. The fraction of sp³-hybridized carbons (Fsp3) is 0.727. The van der Waals surface area contributed by atoms with Gasteiger partial charge in [-0.2, -0.15) is 0 Å². The summed E-state index contributed by atoms with van der Waals surface area (Å²) in [6.07, 6.45) is 0.766. The quantitative estimate of drug-likeness (QED) is 0.245. The zero-order valence-corrected chi connectivity index (χ0v) is 12.7. The van der Waals surface area contributed by atoms with Crippen molar-refractivity contribution >= 4 is 13.7 Å². The van der Waals surface area contributed by atoms with Gasteiger partial charge in [0.25, 0.3) is 0 Å². The van der Waals surface area contributed by atoms with E-state index in [1.807, 2.05) is 14.1 Å². The molecule has 8 heteroatoms. The first-order chi connectivity index (χ1) is 8.53. The molecule has 1 amide bonds. The van der Waals surface area contributed by atoms with Crippen LogP contribution in [-0.2, 0) is 13.9 Å². The monoisotopic (exact) mass is 295 g/mol. The highest BCUT2D eigenvalue weighted by atomic mass is 31.2. The van der Waals surface area contributed by atoms with Crippen molar-refractivity contribution in [2.45, 2.75) is 13.3 Å². The molecule has 0 unspecified atom stereocenters. The van der Waals surface area contributed by atoms with Gasteiger partial charge < -0.3 is 19.6 Å². The Labute approximate surface area is 114 Å². The minimum atomic E-state index is -4.38. The van der Waals surface area contributed by atoms with E-state index in [2.05, 4.69) is 16.4 Å². The summed E-state index contributed by atoms with van der Waals surface area (Å²) in [6.45, 7) is 6.98. The van der Waals surface area contributed by atoms with E-state index in [1.54, 1.807) is 6.92 Å². The Balaban J connectivity index is 3.82. The number of quaternary nitrogens is 1. The third kappa shape index (κ3) is 10.9. The van der Waals surface area contributed by atoms with Crippen LogP contribution in [0.1, 0.15) is 13.3 Å². The van der Waals surface area contributed by atoms with Gasteiger partial charge >= 0.3 is 7.82 Å². The molecule has 3 N–H and O–H groups in total. The Hall–Kier alpha value is -0.720. The van der Waals surface area contributed by atoms with E-state index in [9.17, 15) is 9.36 Å². The lowest BCUT2D eigenvalue weighted by molar-refractivity contribution is -0.890. The van der Waals surface area contributed by atoms with Crippen molar-refractivity contribution in [3.63, 3.8) is 0 Å². The molecule has 0 aromatic rings. The SMILES string of the molecule is C=C(C)C(=O)NCCC[N+](C)(C)CCOP(=O)(O)O. The van der Waals surface area contributed by atoms with Gasteiger partial charge in [0.05, 0.1) is 20.6 Å². The summed E-state index contributed by atoms with van der Waals surface area (Å²) < 4.78 is 15.5. The number of amides is 1. The fourth-order valence-corrected chi connectivity index (χ4v) is 1.70. The number of hydrogen-bond acceptors (Lipinski definition) is 3. The van der Waals surface area contributed by atoms with E-state index >= 15 is 0 Å². The van der Waals surface area contributed by atoms with E-state index < -0.39 is 7.82 Å². The molecule has 0 atom stereocenters. The number of phosphoric acid groups is 1. The first kappa shape index (κ1) is 18.3. The first-order valence-electron chi connectivity index (χ1n) is 5.99. The van der Waals surface area contributed by atoms with Gasteiger partial charge in [-0.1, -0.05) is 6.58 Å². The summed E-state index contributed by atoms with van der Waals surface area (Å²) in [5, 5.41) is 2.73. The van der Waals surface area contributed by atoms with Crippen molar-refractivity contribution in [1.29, 1.82) is 0 Å². The summed E-state index contributed by atoms with van der Waals surface area (Å²) >= 11 is 0. The Morgan fingerprint density at radius 1 is 1.37 bits per heavy atom. The molecular formula is C11H24N2O5P+. The third-order valence-electron chi connectivity index (χ3n) is 2.57. The van der Waals surface area contributed by atoms with Gasteiger partial charge in [-0.3, -0.25) is 9.32 Å². The van der Waals surface area contributed by atoms with Crippen LogP contribution >= 0.6 is 7.82 Å². The van der Waals surface area contributed by atoms with Crippen molar-refractivity contribution in [3.8, 4) is 0 Å². The number of nitrogens with one attached hydrogen (secondary N) is 1. The highest BCUT2D eigenvalue weighted by Crippen LogP contribution is 2.35. The van der Waals surface area contributed by atoms with Crippen LogP contribution in [0.3, 0.4) is 0 Å². The Kier molecular flexibility index (Phi) is 7.47. The highest BCUT2D eigenvalue weighted by molar-refractivity contribution is 7.46. The molecule has 0 aliphatic rings. The van der Waals surface area contributed by atoms with Gasteiger partial charge in [-0.25, -0.2) is 4.57 Å². The van der Waals surface area contributed by atoms with E-state index in [-0.39, 0.29) is 12.5 Å². The predicted octanol–water partition coefficient (Wildman–Crippen LogP) is 0.255. The number of rotatable bonds is 9. The molecule has 0 radical (unpaired) electrons. The molecule has 0 spiro atoms. The van der Waals surface area contributed by atoms with Gasteiger partial charge in [0.15, 0.2) is 0 Å². The maximum Gasteiger partial charge on any atom is 0.469 e. The number of hydrogen-bond donors (Lipinski definition) is 3. The second-order valence-corrected chi connectivity index (χ2v) is 6.34. The van der Waals surface area contributed by atoms with Crippen LogP contribution in [0.2, 0.25) is 0 Å². The summed E-state index contributed by atoms with van der Waals surface area (Å²) in [5.41, 5.74) is 0.476. The Morgan fingerprint density at radius 2 is 1.95 bits per heavy atom. The van der Waals surface area contributed by atoms with E-state index in [0.717, 1.165) is 13.0 Å². The molecule has 0 aromatic heterocycles. The second-order valence-electron chi connectivity index (χ2n) is 5.10. The highest BCUT2D eigenvalue weighted by Gasteiger charge is 2.19. The lowest BCUT2D eigenvalue weighted by Crippen LogP contribution is -2.44. The van der Waals surface area contributed by atoms with Crippen LogP contribution in [0.5, 0.6) is 0 Å². The maximum atomic E-state index is 11.2. The molecule has 112 valence electrons. The molecule has 0 aliphatic heterocycles. The van der Waals surface area contributed by atoms with Crippen molar-refractivity contribution in [3.05, 3.63) is 12.2 Å². The standard InChI is InChI=1S/C11H23N2O5P/c1-10(2)11(14)12-6-5-7-13(3,4)8-9-18-19(15,16)17/h1,5-9H2,2-4H3,(H2-,12,14,15,16,17)/p+1. The van der Waals surface area contributed by atoms with Gasteiger partial charge in [0, 0.05) is 18.5 Å². The lowest BCUT2D eigenvalue weighted by atomic mass is 10.3. The van der Waals surface area contributed by atoms with Crippen molar-refractivity contribution < 1.29 is 28.2 Å². The molecular weight excluding hydrogens is 271 g/mol. The van der Waals surface area contributed by atoms with E-state index in [0.29, 0.717) is 23.1 Å². The zero-order valence-electron chi connectivity index (χ0n) is 11.8. The maximum absolute atomic E-state index is 11.2. The van der Waals surface area contributed by atoms with Crippen LogP contribution in [0, 0.1) is 0 Å². The number of carbonyl (C=O) groups excluding carboxylic acids is 1. The molecule has 0 rings (SSSR count). The summed E-state index contributed by atoms with van der Waals surface area (Å²) in [4.78, 5) is 28.4. The topological polar surface area (TPSA) is 95.9 Å². The number of likely N-dealkylation sites (N-methyl/N-ethyl adjacent to an activating group) is 1. The smallest absolute Gasteiger partial charge is 0.352 e. The van der Waals surface area contributed by atoms with Crippen molar-refractivity contribution in [2.24, 2.45) is 0 Å². The minimum Gasteiger partial charge on any atom is -0.352 e. The minimum absolute atomic E-state index is 0.00456. The summed E-state index contributed by atoms with van der Waals surface area (Å²) in [6, 6.07) is 0. The van der Waals surface area contributed by atoms with Gasteiger partial charge in [-0.15, -0.1) is 0 Å². The average molecular weight is 295 g/mol. The van der Waals surface area contributed by atoms with Crippen LogP contribution in [-0.4, -0.2) is 60.5 Å². The number of carbonyl (C=O) groups is 1. The Bertz CT molecular complexity index is 364.